The minimum atomic E-state index is -0.628. The zero-order chi connectivity index (χ0) is 36.8. The first-order valence-electron chi connectivity index (χ1n) is 18.0. The molecule has 1 aliphatic rings. The molecule has 2 heterocycles. The standard InChI is InChI=1S/C43H46BFN2O4S/c1-29(2)40-39(42(52)46-34-19-13-8-14-20-34)38(30-15-9-6-10-16-30)41(31-21-23-33(45)24-22-31)47(40)26-25-35-27-36(28-37(48)49-43(3,4)5)51-44(50-35)32-17-11-7-12-18-32/h6-24,29,35-36H,25-28H2,1-5H3,(H,46,52)/t35-,36-/m1/s1. The number of anilines is 1. The first-order chi connectivity index (χ1) is 25.0. The van der Waals surface area contributed by atoms with E-state index in [1.54, 1.807) is 0 Å². The van der Waals surface area contributed by atoms with Gasteiger partial charge in [-0.1, -0.05) is 105 Å². The van der Waals surface area contributed by atoms with E-state index in [2.05, 4.69) is 35.9 Å². The van der Waals surface area contributed by atoms with Gasteiger partial charge >= 0.3 is 13.1 Å². The molecule has 0 amide bonds. The Morgan fingerprint density at radius 1 is 0.885 bits per heavy atom. The van der Waals surface area contributed by atoms with E-state index in [9.17, 15) is 9.18 Å². The molecule has 6 rings (SSSR count). The van der Waals surface area contributed by atoms with Crippen LogP contribution in [0.25, 0.3) is 22.4 Å². The number of hydrogen-bond acceptors (Lipinski definition) is 5. The summed E-state index contributed by atoms with van der Waals surface area (Å²) in [5, 5.41) is 3.51. The minimum absolute atomic E-state index is 0.0785. The van der Waals surface area contributed by atoms with Crippen molar-refractivity contribution in [2.24, 2.45) is 0 Å². The number of rotatable bonds is 11. The second-order valence-electron chi connectivity index (χ2n) is 14.6. The lowest BCUT2D eigenvalue weighted by molar-refractivity contribution is -0.157. The molecular formula is C43H46BFN2O4S. The Labute approximate surface area is 312 Å². The lowest BCUT2D eigenvalue weighted by Gasteiger charge is -2.35. The van der Waals surface area contributed by atoms with E-state index < -0.39 is 12.7 Å². The van der Waals surface area contributed by atoms with Crippen molar-refractivity contribution in [3.05, 3.63) is 132 Å². The maximum atomic E-state index is 14.4. The average Bonchev–Trinajstić information content (AvgIpc) is 3.47. The van der Waals surface area contributed by atoms with Crippen molar-refractivity contribution in [3.8, 4) is 22.4 Å². The Balaban J connectivity index is 1.43. The second-order valence-corrected chi connectivity index (χ2v) is 15.0. The van der Waals surface area contributed by atoms with Crippen LogP contribution in [-0.2, 0) is 25.4 Å². The Bertz CT molecular complexity index is 1960. The number of para-hydroxylation sites is 1. The van der Waals surface area contributed by atoms with Gasteiger partial charge in [-0.05, 0) is 92.5 Å². The van der Waals surface area contributed by atoms with Crippen molar-refractivity contribution >= 4 is 41.4 Å². The Kier molecular flexibility index (Phi) is 11.7. The molecule has 5 aromatic rings. The average molecular weight is 717 g/mol. The predicted octanol–water partition coefficient (Wildman–Crippen LogP) is 9.56. The Morgan fingerprint density at radius 2 is 1.48 bits per heavy atom. The molecule has 0 radical (unpaired) electrons. The van der Waals surface area contributed by atoms with Crippen LogP contribution in [0.1, 0.15) is 71.1 Å². The smallest absolute Gasteiger partial charge is 0.460 e. The number of ether oxygens (including phenoxy) is 1. The number of carbonyl (C=O) groups is 1. The van der Waals surface area contributed by atoms with Gasteiger partial charge in [0.05, 0.1) is 18.2 Å². The van der Waals surface area contributed by atoms with Crippen LogP contribution in [0.3, 0.4) is 0 Å². The third kappa shape index (κ3) is 9.07. The molecule has 2 atom stereocenters. The molecule has 0 unspecified atom stereocenters. The lowest BCUT2D eigenvalue weighted by atomic mass is 9.76. The summed E-state index contributed by atoms with van der Waals surface area (Å²) in [5.41, 5.74) is 7.05. The molecule has 0 aliphatic carbocycles. The molecular weight excluding hydrogens is 670 g/mol. The molecule has 1 aromatic heterocycles. The third-order valence-corrected chi connectivity index (χ3v) is 9.31. The molecule has 1 N–H and O–H groups in total. The number of esters is 1. The van der Waals surface area contributed by atoms with Crippen molar-refractivity contribution in [1.29, 1.82) is 0 Å². The normalized spacial score (nSPS) is 16.2. The molecule has 52 heavy (non-hydrogen) atoms. The summed E-state index contributed by atoms with van der Waals surface area (Å²) in [6, 6.07) is 36.7. The third-order valence-electron chi connectivity index (χ3n) is 9.01. The second kappa shape index (κ2) is 16.4. The molecule has 0 saturated carbocycles. The SMILES string of the molecule is CC(C)c1c(C(=S)Nc2ccccc2)c(-c2ccccc2)c(-c2ccc(F)cc2)n1CC[C@@H]1C[C@H](CC(=O)OC(C)(C)C)OB(c2ccccc2)O1. The van der Waals surface area contributed by atoms with Gasteiger partial charge < -0.3 is 23.9 Å². The summed E-state index contributed by atoms with van der Waals surface area (Å²) >= 11 is 6.24. The van der Waals surface area contributed by atoms with Gasteiger partial charge in [-0.25, -0.2) is 4.39 Å². The van der Waals surface area contributed by atoms with Gasteiger partial charge in [0.1, 0.15) is 16.4 Å². The monoisotopic (exact) mass is 716 g/mol. The van der Waals surface area contributed by atoms with E-state index in [0.29, 0.717) is 24.4 Å². The lowest BCUT2D eigenvalue weighted by Crippen LogP contribution is -2.49. The van der Waals surface area contributed by atoms with Gasteiger partial charge in [-0.2, -0.15) is 0 Å². The van der Waals surface area contributed by atoms with E-state index in [1.165, 1.54) is 12.1 Å². The molecule has 0 bridgehead atoms. The van der Waals surface area contributed by atoms with Crippen LogP contribution in [0.2, 0.25) is 0 Å². The topological polar surface area (TPSA) is 61.7 Å². The summed E-state index contributed by atoms with van der Waals surface area (Å²) < 4.78 is 35.4. The Morgan fingerprint density at radius 3 is 2.10 bits per heavy atom. The quantitative estimate of drug-likeness (QED) is 0.0835. The largest absolute Gasteiger partial charge is 0.494 e. The van der Waals surface area contributed by atoms with Gasteiger partial charge in [-0.3, -0.25) is 4.79 Å². The van der Waals surface area contributed by atoms with Gasteiger partial charge in [0.15, 0.2) is 0 Å². The number of carbonyl (C=O) groups excluding carboxylic acids is 1. The van der Waals surface area contributed by atoms with E-state index in [0.717, 1.165) is 44.8 Å². The highest BCUT2D eigenvalue weighted by Gasteiger charge is 2.38. The van der Waals surface area contributed by atoms with Crippen molar-refractivity contribution in [2.45, 2.75) is 84.2 Å². The Hall–Kier alpha value is -4.57. The highest BCUT2D eigenvalue weighted by atomic mass is 32.1. The van der Waals surface area contributed by atoms with Gasteiger partial charge in [0.2, 0.25) is 0 Å². The van der Waals surface area contributed by atoms with Gasteiger partial charge in [0.25, 0.3) is 0 Å². The molecule has 1 fully saturated rings. The fourth-order valence-corrected chi connectivity index (χ4v) is 7.25. The molecule has 268 valence electrons. The van der Waals surface area contributed by atoms with Crippen LogP contribution in [0.4, 0.5) is 10.1 Å². The van der Waals surface area contributed by atoms with Crippen molar-refractivity contribution in [3.63, 3.8) is 0 Å². The van der Waals surface area contributed by atoms with E-state index in [1.807, 2.05) is 112 Å². The number of aromatic nitrogens is 1. The number of halogens is 1. The molecule has 1 saturated heterocycles. The number of benzene rings is 4. The molecule has 0 spiro atoms. The first-order valence-corrected chi connectivity index (χ1v) is 18.4. The van der Waals surface area contributed by atoms with Crippen LogP contribution in [0.5, 0.6) is 0 Å². The number of nitrogens with one attached hydrogen (secondary N) is 1. The summed E-state index contributed by atoms with van der Waals surface area (Å²) in [5.74, 6) is -0.519. The predicted molar refractivity (Wildman–Crippen MR) is 212 cm³/mol. The zero-order valence-electron chi connectivity index (χ0n) is 30.5. The van der Waals surface area contributed by atoms with Crippen LogP contribution in [-0.4, -0.2) is 40.5 Å². The van der Waals surface area contributed by atoms with E-state index >= 15 is 0 Å². The summed E-state index contributed by atoms with van der Waals surface area (Å²) in [6.07, 6.45) is 0.672. The van der Waals surface area contributed by atoms with Crippen LogP contribution < -0.4 is 10.8 Å². The zero-order valence-corrected chi connectivity index (χ0v) is 31.3. The van der Waals surface area contributed by atoms with Crippen LogP contribution in [0.15, 0.2) is 115 Å². The fourth-order valence-electron chi connectivity index (χ4n) is 6.92. The molecule has 6 nitrogen and oxygen atoms in total. The van der Waals surface area contributed by atoms with Crippen LogP contribution in [0, 0.1) is 5.82 Å². The summed E-state index contributed by atoms with van der Waals surface area (Å²) in [7, 11) is -0.628. The van der Waals surface area contributed by atoms with E-state index in [-0.39, 0.29) is 36.3 Å². The minimum Gasteiger partial charge on any atom is -0.460 e. The highest BCUT2D eigenvalue weighted by molar-refractivity contribution is 7.81. The number of nitrogens with zero attached hydrogens (tertiary/aromatic N) is 1. The number of thiocarbonyl (C=S) groups is 1. The van der Waals surface area contributed by atoms with Crippen LogP contribution >= 0.6 is 12.2 Å². The maximum absolute atomic E-state index is 14.4. The summed E-state index contributed by atoms with van der Waals surface area (Å²) in [6.45, 7) is 10.5. The van der Waals surface area contributed by atoms with E-state index in [4.69, 9.17) is 26.3 Å². The molecule has 9 heteroatoms. The summed E-state index contributed by atoms with van der Waals surface area (Å²) in [4.78, 5) is 13.6. The van der Waals surface area contributed by atoms with Gasteiger partial charge in [-0.15, -0.1) is 0 Å². The highest BCUT2D eigenvalue weighted by Crippen LogP contribution is 2.43. The van der Waals surface area contributed by atoms with Crippen molar-refractivity contribution in [1.82, 2.24) is 4.57 Å². The molecule has 4 aromatic carbocycles. The van der Waals surface area contributed by atoms with Crippen molar-refractivity contribution < 1.29 is 23.2 Å². The number of hydrogen-bond donors (Lipinski definition) is 1. The van der Waals surface area contributed by atoms with Gasteiger partial charge in [0, 0.05) is 35.2 Å². The first kappa shape index (κ1) is 37.2. The fraction of sp³-hybridized carbons (Fsp3) is 0.302. The van der Waals surface area contributed by atoms with Crippen molar-refractivity contribution in [2.75, 3.05) is 5.32 Å². The molecule has 1 aliphatic heterocycles. The maximum Gasteiger partial charge on any atom is 0.494 e.